The predicted octanol–water partition coefficient (Wildman–Crippen LogP) is 4.52. The number of nitrogens with one attached hydrogen (secondary N) is 2. The lowest BCUT2D eigenvalue weighted by Gasteiger charge is -2.27. The number of alkyl halides is 3. The molecule has 0 radical (unpaired) electrons. The molecule has 2 atom stereocenters. The molecule has 8 nitrogen and oxygen atoms in total. The summed E-state index contributed by atoms with van der Waals surface area (Å²) in [7, 11) is -3.62. The molecular weight excluding hydrogens is 540 g/mol. The first-order valence-corrected chi connectivity index (χ1v) is 14.0. The van der Waals surface area contributed by atoms with Gasteiger partial charge in [-0.2, -0.15) is 13.2 Å². The average Bonchev–Trinajstić information content (AvgIpc) is 3.32. The number of amides is 1. The first-order chi connectivity index (χ1) is 18.2. The van der Waals surface area contributed by atoms with E-state index in [1.54, 1.807) is 18.7 Å². The number of aliphatic hydroxyl groups excluding tert-OH is 1. The second kappa shape index (κ2) is 10.6. The van der Waals surface area contributed by atoms with Crippen molar-refractivity contribution in [1.29, 1.82) is 0 Å². The van der Waals surface area contributed by atoms with Crippen LogP contribution in [0.25, 0.3) is 10.9 Å². The molecule has 210 valence electrons. The molecule has 0 spiro atoms. The molecule has 39 heavy (non-hydrogen) atoms. The topological polar surface area (TPSA) is 112 Å². The Morgan fingerprint density at radius 2 is 1.95 bits per heavy atom. The number of anilines is 2. The number of hydrogen-bond donors (Lipinski definition) is 3. The highest BCUT2D eigenvalue weighted by molar-refractivity contribution is 7.92. The molecule has 0 bridgehead atoms. The third-order valence-electron chi connectivity index (χ3n) is 6.69. The lowest BCUT2D eigenvalue weighted by molar-refractivity contribution is -0.140. The zero-order chi connectivity index (χ0) is 28.7. The number of halogens is 4. The standard InChI is InChI=1S/C26H28F4N4O4S/c1-14-9-18(20(27)11-22(14)33-39(3,37)38)15(2)31-25(36)16-6-7-21-19(10-16)23(12-24(32-21)26(28,29)30)34-8-4-5-17(34)13-35/h6-7,9-12,15,17,33,35H,4-5,8,13H2,1-3H3,(H,31,36)/t15-,17-/m1/s1. The molecule has 0 saturated carbocycles. The number of carbonyl (C=O) groups excluding carboxylic acids is 1. The third-order valence-corrected chi connectivity index (χ3v) is 7.28. The summed E-state index contributed by atoms with van der Waals surface area (Å²) in [5.74, 6) is -1.32. The number of benzene rings is 2. The Kier molecular flexibility index (Phi) is 7.77. The van der Waals surface area contributed by atoms with Crippen molar-refractivity contribution in [2.45, 2.75) is 44.9 Å². The Morgan fingerprint density at radius 3 is 2.59 bits per heavy atom. The first-order valence-electron chi connectivity index (χ1n) is 12.2. The van der Waals surface area contributed by atoms with Gasteiger partial charge in [-0.15, -0.1) is 0 Å². The van der Waals surface area contributed by atoms with E-state index >= 15 is 0 Å². The SMILES string of the molecule is Cc1cc([C@@H](C)NC(=O)c2ccc3nc(C(F)(F)F)cc(N4CCC[C@@H]4CO)c3c2)c(F)cc1NS(C)(=O)=O. The van der Waals surface area contributed by atoms with Gasteiger partial charge < -0.3 is 15.3 Å². The molecule has 1 aliphatic heterocycles. The number of nitrogens with zero attached hydrogens (tertiary/aromatic N) is 2. The highest BCUT2D eigenvalue weighted by Crippen LogP contribution is 2.37. The largest absolute Gasteiger partial charge is 0.433 e. The van der Waals surface area contributed by atoms with Gasteiger partial charge in [0.25, 0.3) is 5.91 Å². The van der Waals surface area contributed by atoms with E-state index < -0.39 is 39.7 Å². The monoisotopic (exact) mass is 568 g/mol. The fourth-order valence-corrected chi connectivity index (χ4v) is 5.40. The quantitative estimate of drug-likeness (QED) is 0.362. The fraction of sp³-hybridized carbons (Fsp3) is 0.385. The Labute approximate surface area is 223 Å². The van der Waals surface area contributed by atoms with E-state index in [9.17, 15) is 35.9 Å². The van der Waals surface area contributed by atoms with Gasteiger partial charge in [-0.05, 0) is 68.7 Å². The number of aryl methyl sites for hydroxylation is 1. The molecule has 3 N–H and O–H groups in total. The summed E-state index contributed by atoms with van der Waals surface area (Å²) in [6.45, 7) is 3.36. The van der Waals surface area contributed by atoms with Gasteiger partial charge in [-0.1, -0.05) is 0 Å². The van der Waals surface area contributed by atoms with E-state index in [0.29, 0.717) is 30.3 Å². The van der Waals surface area contributed by atoms with Crippen molar-refractivity contribution < 1.29 is 35.9 Å². The lowest BCUT2D eigenvalue weighted by Crippen LogP contribution is -2.32. The van der Waals surface area contributed by atoms with Gasteiger partial charge >= 0.3 is 6.18 Å². The van der Waals surface area contributed by atoms with Gasteiger partial charge in [-0.25, -0.2) is 17.8 Å². The van der Waals surface area contributed by atoms with E-state index in [4.69, 9.17) is 0 Å². The number of fused-ring (bicyclic) bond motifs is 1. The number of sulfonamides is 1. The number of carbonyl (C=O) groups is 1. The summed E-state index contributed by atoms with van der Waals surface area (Å²) in [4.78, 5) is 18.6. The summed E-state index contributed by atoms with van der Waals surface area (Å²) in [5, 5.41) is 12.8. The Balaban J connectivity index is 1.67. The fourth-order valence-electron chi connectivity index (χ4n) is 4.78. The van der Waals surface area contributed by atoms with Crippen LogP contribution in [-0.4, -0.2) is 49.9 Å². The van der Waals surface area contributed by atoms with Crippen molar-refractivity contribution >= 4 is 38.2 Å². The van der Waals surface area contributed by atoms with Crippen LogP contribution in [0.5, 0.6) is 0 Å². The molecule has 2 aromatic carbocycles. The van der Waals surface area contributed by atoms with Gasteiger partial charge in [0.15, 0.2) is 0 Å². The molecule has 1 amide bonds. The average molecular weight is 569 g/mol. The normalized spacial score (nSPS) is 16.9. The zero-order valence-electron chi connectivity index (χ0n) is 21.4. The number of pyridine rings is 1. The molecule has 1 aliphatic rings. The van der Waals surface area contributed by atoms with Gasteiger partial charge in [0.05, 0.1) is 36.2 Å². The van der Waals surface area contributed by atoms with Crippen molar-refractivity contribution in [3.05, 3.63) is 64.6 Å². The van der Waals surface area contributed by atoms with E-state index in [1.807, 2.05) is 0 Å². The number of aliphatic hydroxyl groups is 1. The van der Waals surface area contributed by atoms with Crippen molar-refractivity contribution in [2.24, 2.45) is 0 Å². The van der Waals surface area contributed by atoms with Crippen LogP contribution < -0.4 is 14.9 Å². The van der Waals surface area contributed by atoms with Gasteiger partial charge in [0.2, 0.25) is 10.0 Å². The maximum Gasteiger partial charge on any atom is 0.433 e. The Bertz CT molecular complexity index is 1530. The highest BCUT2D eigenvalue weighted by Gasteiger charge is 2.35. The van der Waals surface area contributed by atoms with Crippen LogP contribution >= 0.6 is 0 Å². The Hall–Kier alpha value is -3.45. The molecule has 3 aromatic rings. The van der Waals surface area contributed by atoms with Crippen LogP contribution in [0, 0.1) is 12.7 Å². The maximum atomic E-state index is 14.8. The van der Waals surface area contributed by atoms with Crippen LogP contribution in [0.3, 0.4) is 0 Å². The smallest absolute Gasteiger partial charge is 0.394 e. The predicted molar refractivity (Wildman–Crippen MR) is 140 cm³/mol. The summed E-state index contributed by atoms with van der Waals surface area (Å²) < 4.78 is 80.9. The van der Waals surface area contributed by atoms with Gasteiger partial charge in [-0.3, -0.25) is 9.52 Å². The molecular formula is C26H28F4N4O4S. The number of hydrogen-bond acceptors (Lipinski definition) is 6. The van der Waals surface area contributed by atoms with Crippen molar-refractivity contribution in [1.82, 2.24) is 10.3 Å². The lowest BCUT2D eigenvalue weighted by atomic mass is 10.0. The zero-order valence-corrected chi connectivity index (χ0v) is 22.3. The molecule has 0 unspecified atom stereocenters. The van der Waals surface area contributed by atoms with Crippen LogP contribution in [0.15, 0.2) is 36.4 Å². The van der Waals surface area contributed by atoms with Gasteiger partial charge in [0.1, 0.15) is 11.5 Å². The van der Waals surface area contributed by atoms with Crippen molar-refractivity contribution in [2.75, 3.05) is 29.0 Å². The summed E-state index contributed by atoms with van der Waals surface area (Å²) in [5.41, 5.74) is -0.0212. The molecule has 4 rings (SSSR count). The van der Waals surface area contributed by atoms with Crippen molar-refractivity contribution in [3.63, 3.8) is 0 Å². The second-order valence-corrected chi connectivity index (χ2v) is 11.4. The van der Waals surface area contributed by atoms with Crippen LogP contribution in [0.4, 0.5) is 28.9 Å². The van der Waals surface area contributed by atoms with Crippen molar-refractivity contribution in [3.8, 4) is 0 Å². The second-order valence-electron chi connectivity index (χ2n) is 9.69. The van der Waals surface area contributed by atoms with E-state index in [-0.39, 0.29) is 40.7 Å². The van der Waals surface area contributed by atoms with E-state index in [1.165, 1.54) is 24.3 Å². The van der Waals surface area contributed by atoms with Crippen LogP contribution in [0.2, 0.25) is 0 Å². The highest BCUT2D eigenvalue weighted by atomic mass is 32.2. The molecule has 1 aromatic heterocycles. The first kappa shape index (κ1) is 28.6. The Morgan fingerprint density at radius 1 is 1.23 bits per heavy atom. The van der Waals surface area contributed by atoms with E-state index in [2.05, 4.69) is 15.0 Å². The minimum atomic E-state index is -4.68. The minimum absolute atomic E-state index is 0.0450. The molecule has 0 aliphatic carbocycles. The maximum absolute atomic E-state index is 14.8. The van der Waals surface area contributed by atoms with Gasteiger partial charge in [0, 0.05) is 28.7 Å². The summed E-state index contributed by atoms with van der Waals surface area (Å²) in [6.07, 6.45) is -2.43. The third kappa shape index (κ3) is 6.25. The summed E-state index contributed by atoms with van der Waals surface area (Å²) in [6, 6.07) is 6.33. The molecule has 2 heterocycles. The number of rotatable bonds is 7. The van der Waals surface area contributed by atoms with E-state index in [0.717, 1.165) is 18.4 Å². The molecule has 13 heteroatoms. The number of aromatic nitrogens is 1. The van der Waals surface area contributed by atoms with Crippen LogP contribution in [0.1, 0.15) is 53.0 Å². The molecule has 1 saturated heterocycles. The summed E-state index contributed by atoms with van der Waals surface area (Å²) >= 11 is 0. The van der Waals surface area contributed by atoms with Crippen LogP contribution in [-0.2, 0) is 16.2 Å². The minimum Gasteiger partial charge on any atom is -0.394 e. The molecule has 1 fully saturated rings.